The van der Waals surface area contributed by atoms with Crippen LogP contribution in [-0.2, 0) is 25.7 Å². The highest BCUT2D eigenvalue weighted by atomic mass is 35.5. The lowest BCUT2D eigenvalue weighted by Gasteiger charge is -2.38. The first-order valence-corrected chi connectivity index (χ1v) is 10.1. The molecule has 0 bridgehead atoms. The zero-order valence-electron chi connectivity index (χ0n) is 15.9. The van der Waals surface area contributed by atoms with Crippen LogP contribution in [0.25, 0.3) is 6.08 Å². The first-order valence-electron chi connectivity index (χ1n) is 9.69. The van der Waals surface area contributed by atoms with Gasteiger partial charge in [0, 0.05) is 23.4 Å². The Hall–Kier alpha value is -2.79. The molecule has 2 aromatic rings. The Morgan fingerprint density at radius 2 is 1.59 bits per heavy atom. The van der Waals surface area contributed by atoms with Crippen molar-refractivity contribution in [2.75, 3.05) is 0 Å². The van der Waals surface area contributed by atoms with Crippen molar-refractivity contribution in [2.24, 2.45) is 0 Å². The number of esters is 2. The first kappa shape index (κ1) is 19.5. The molecule has 0 radical (unpaired) electrons. The van der Waals surface area contributed by atoms with Gasteiger partial charge in [0.1, 0.15) is 17.9 Å². The van der Waals surface area contributed by atoms with E-state index in [0.29, 0.717) is 35.8 Å². The van der Waals surface area contributed by atoms with Crippen molar-refractivity contribution in [3.05, 3.63) is 70.3 Å². The van der Waals surface area contributed by atoms with Crippen molar-refractivity contribution in [3.8, 4) is 5.75 Å². The minimum absolute atomic E-state index is 0.0917. The van der Waals surface area contributed by atoms with Crippen LogP contribution in [0.1, 0.15) is 43.2 Å². The van der Waals surface area contributed by atoms with Crippen molar-refractivity contribution in [2.45, 2.75) is 44.5 Å². The molecule has 1 aliphatic heterocycles. The van der Waals surface area contributed by atoms with E-state index in [2.05, 4.69) is 0 Å². The van der Waals surface area contributed by atoms with Crippen LogP contribution in [0.5, 0.6) is 5.75 Å². The van der Waals surface area contributed by atoms with Crippen molar-refractivity contribution >= 4 is 29.6 Å². The molecule has 0 aromatic heterocycles. The first-order chi connectivity index (χ1) is 14.0. The highest BCUT2D eigenvalue weighted by Crippen LogP contribution is 2.37. The smallest absolute Gasteiger partial charge is 0.348 e. The molecule has 0 N–H and O–H groups in total. The predicted octanol–water partition coefficient (Wildman–Crippen LogP) is 5.06. The van der Waals surface area contributed by atoms with Crippen LogP contribution in [0.3, 0.4) is 0 Å². The van der Waals surface area contributed by atoms with Gasteiger partial charge in [0.15, 0.2) is 0 Å². The summed E-state index contributed by atoms with van der Waals surface area (Å²) in [4.78, 5) is 24.8. The maximum Gasteiger partial charge on any atom is 0.348 e. The minimum Gasteiger partial charge on any atom is -0.489 e. The molecule has 1 aliphatic carbocycles. The summed E-state index contributed by atoms with van der Waals surface area (Å²) in [6.45, 7) is 0.348. The van der Waals surface area contributed by atoms with E-state index in [1.165, 1.54) is 6.08 Å². The Kier molecular flexibility index (Phi) is 5.58. The maximum atomic E-state index is 12.4. The molecule has 0 atom stereocenters. The van der Waals surface area contributed by atoms with Crippen LogP contribution in [0.15, 0.2) is 54.1 Å². The Bertz CT molecular complexity index is 920. The molecular weight excluding hydrogens is 392 g/mol. The fraction of sp³-hybridized carbons (Fsp3) is 0.304. The van der Waals surface area contributed by atoms with E-state index in [-0.39, 0.29) is 5.57 Å². The maximum absolute atomic E-state index is 12.4. The van der Waals surface area contributed by atoms with E-state index in [1.54, 1.807) is 24.3 Å². The molecule has 1 spiro atoms. The Morgan fingerprint density at radius 3 is 2.24 bits per heavy atom. The van der Waals surface area contributed by atoms with E-state index in [9.17, 15) is 9.59 Å². The zero-order valence-corrected chi connectivity index (χ0v) is 16.6. The molecule has 2 aromatic carbocycles. The summed E-state index contributed by atoms with van der Waals surface area (Å²) in [5.41, 5.74) is 1.48. The van der Waals surface area contributed by atoms with Crippen LogP contribution in [0.4, 0.5) is 0 Å². The van der Waals surface area contributed by atoms with Gasteiger partial charge in [-0.15, -0.1) is 0 Å². The summed E-state index contributed by atoms with van der Waals surface area (Å²) >= 11 is 6.13. The average molecular weight is 413 g/mol. The average Bonchev–Trinajstić information content (AvgIpc) is 2.72. The van der Waals surface area contributed by atoms with E-state index in [0.717, 1.165) is 24.8 Å². The Balaban J connectivity index is 1.42. The van der Waals surface area contributed by atoms with Crippen LogP contribution < -0.4 is 4.74 Å². The SMILES string of the molecule is O=C1OC2(CCCCC2)OC(=O)C1=Cc1ccc(OCc2ccccc2Cl)cc1. The van der Waals surface area contributed by atoms with Crippen molar-refractivity contribution in [3.63, 3.8) is 0 Å². The second kappa shape index (κ2) is 8.29. The highest BCUT2D eigenvalue weighted by molar-refractivity contribution is 6.31. The monoisotopic (exact) mass is 412 g/mol. The molecule has 1 saturated heterocycles. The van der Waals surface area contributed by atoms with Crippen LogP contribution >= 0.6 is 11.6 Å². The number of hydrogen-bond acceptors (Lipinski definition) is 5. The number of ether oxygens (including phenoxy) is 3. The third-order valence-electron chi connectivity index (χ3n) is 5.16. The van der Waals surface area contributed by atoms with Gasteiger partial charge in [-0.2, -0.15) is 0 Å². The molecule has 6 heteroatoms. The molecule has 29 heavy (non-hydrogen) atoms. The number of rotatable bonds is 4. The molecular formula is C23H21ClO5. The Labute approximate surface area is 174 Å². The second-order valence-corrected chi connectivity index (χ2v) is 7.66. The molecule has 1 saturated carbocycles. The highest BCUT2D eigenvalue weighted by Gasteiger charge is 2.46. The molecule has 150 valence electrons. The third-order valence-corrected chi connectivity index (χ3v) is 5.52. The van der Waals surface area contributed by atoms with E-state index < -0.39 is 17.7 Å². The van der Waals surface area contributed by atoms with Gasteiger partial charge >= 0.3 is 11.9 Å². The van der Waals surface area contributed by atoms with E-state index >= 15 is 0 Å². The van der Waals surface area contributed by atoms with Crippen molar-refractivity contribution in [1.29, 1.82) is 0 Å². The van der Waals surface area contributed by atoms with E-state index in [4.69, 9.17) is 25.8 Å². The number of hydrogen-bond donors (Lipinski definition) is 0. The summed E-state index contributed by atoms with van der Waals surface area (Å²) in [5.74, 6) is -1.66. The molecule has 2 fully saturated rings. The topological polar surface area (TPSA) is 61.8 Å². The summed E-state index contributed by atoms with van der Waals surface area (Å²) in [5, 5.41) is 0.652. The van der Waals surface area contributed by atoms with Gasteiger partial charge in [-0.05, 0) is 42.7 Å². The minimum atomic E-state index is -1.07. The lowest BCUT2D eigenvalue weighted by Crippen LogP contribution is -2.47. The fourth-order valence-electron chi connectivity index (χ4n) is 3.57. The van der Waals surface area contributed by atoms with Gasteiger partial charge in [0.25, 0.3) is 5.79 Å². The van der Waals surface area contributed by atoms with E-state index in [1.807, 2.05) is 24.3 Å². The molecule has 4 rings (SSSR count). The lowest BCUT2D eigenvalue weighted by molar-refractivity contribution is -0.244. The van der Waals surface area contributed by atoms with Gasteiger partial charge in [-0.1, -0.05) is 48.4 Å². The van der Waals surface area contributed by atoms with Gasteiger partial charge in [0.2, 0.25) is 0 Å². The molecule has 1 heterocycles. The molecule has 0 unspecified atom stereocenters. The van der Waals surface area contributed by atoms with Gasteiger partial charge in [0.05, 0.1) is 0 Å². The number of carbonyl (C=O) groups is 2. The summed E-state index contributed by atoms with van der Waals surface area (Å²) in [6.07, 6.45) is 5.44. The number of carbonyl (C=O) groups excluding carboxylic acids is 2. The standard InChI is InChI=1S/C23H21ClO5/c24-20-7-3-2-6-17(20)15-27-18-10-8-16(9-11-18)14-19-21(25)28-23(29-22(19)26)12-4-1-5-13-23/h2-3,6-11,14H,1,4-5,12-13,15H2. The van der Waals surface area contributed by atoms with Gasteiger partial charge < -0.3 is 14.2 Å². The van der Waals surface area contributed by atoms with Gasteiger partial charge in [-0.25, -0.2) is 9.59 Å². The normalized spacial score (nSPS) is 18.2. The van der Waals surface area contributed by atoms with Gasteiger partial charge in [-0.3, -0.25) is 0 Å². The second-order valence-electron chi connectivity index (χ2n) is 7.26. The third kappa shape index (κ3) is 4.46. The van der Waals surface area contributed by atoms with Crippen LogP contribution in [0.2, 0.25) is 5.02 Å². The molecule has 0 amide bonds. The fourth-order valence-corrected chi connectivity index (χ4v) is 3.76. The van der Waals surface area contributed by atoms with Crippen LogP contribution in [0, 0.1) is 0 Å². The van der Waals surface area contributed by atoms with Crippen molar-refractivity contribution < 1.29 is 23.8 Å². The zero-order chi connectivity index (χ0) is 20.3. The summed E-state index contributed by atoms with van der Waals surface area (Å²) < 4.78 is 16.8. The number of benzene rings is 2. The lowest BCUT2D eigenvalue weighted by atomic mass is 9.93. The quantitative estimate of drug-likeness (QED) is 0.399. The largest absolute Gasteiger partial charge is 0.489 e. The summed E-state index contributed by atoms with van der Waals surface area (Å²) in [7, 11) is 0. The van der Waals surface area contributed by atoms with Crippen molar-refractivity contribution in [1.82, 2.24) is 0 Å². The molecule has 5 nitrogen and oxygen atoms in total. The predicted molar refractivity (Wildman–Crippen MR) is 108 cm³/mol. The Morgan fingerprint density at radius 1 is 0.931 bits per heavy atom. The molecule has 2 aliphatic rings. The van der Waals surface area contributed by atoms with Crippen LogP contribution in [-0.4, -0.2) is 17.7 Å². The summed E-state index contributed by atoms with van der Waals surface area (Å²) in [6, 6.07) is 14.6. The number of halogens is 1.